The Hall–Kier alpha value is -1.89. The van der Waals surface area contributed by atoms with Crippen molar-refractivity contribution < 1.29 is 9.18 Å². The van der Waals surface area contributed by atoms with E-state index in [0.717, 1.165) is 6.54 Å². The van der Waals surface area contributed by atoms with Crippen LogP contribution in [-0.4, -0.2) is 26.4 Å². The van der Waals surface area contributed by atoms with Crippen LogP contribution in [0.15, 0.2) is 35.7 Å². The van der Waals surface area contributed by atoms with Crippen LogP contribution >= 0.6 is 11.8 Å². The molecule has 1 aromatic heterocycles. The van der Waals surface area contributed by atoms with Gasteiger partial charge in [-0.15, -0.1) is 10.2 Å². The number of hydrogen-bond donors (Lipinski definition) is 1. The summed E-state index contributed by atoms with van der Waals surface area (Å²) >= 11 is 1.29. The zero-order valence-electron chi connectivity index (χ0n) is 10.3. The van der Waals surface area contributed by atoms with Crippen molar-refractivity contribution in [3.05, 3.63) is 36.4 Å². The fourth-order valence-electron chi connectivity index (χ4n) is 1.47. The first-order valence-electron chi connectivity index (χ1n) is 5.75. The van der Waals surface area contributed by atoms with Gasteiger partial charge in [0.2, 0.25) is 5.91 Å². The molecular formula is C12H13FN4OS. The van der Waals surface area contributed by atoms with Crippen LogP contribution in [0.1, 0.15) is 6.92 Å². The van der Waals surface area contributed by atoms with Crippen molar-refractivity contribution in [3.8, 4) is 0 Å². The highest BCUT2D eigenvalue weighted by Crippen LogP contribution is 2.15. The van der Waals surface area contributed by atoms with E-state index in [1.165, 1.54) is 23.9 Å². The first kappa shape index (κ1) is 13.5. The molecule has 1 aromatic carbocycles. The third kappa shape index (κ3) is 3.78. The van der Waals surface area contributed by atoms with E-state index in [1.54, 1.807) is 18.5 Å². The molecule has 0 bridgehead atoms. The second-order valence-electron chi connectivity index (χ2n) is 3.75. The van der Waals surface area contributed by atoms with Gasteiger partial charge in [0, 0.05) is 12.2 Å². The minimum atomic E-state index is -0.379. The highest BCUT2D eigenvalue weighted by atomic mass is 32.2. The third-order valence-corrected chi connectivity index (χ3v) is 3.34. The van der Waals surface area contributed by atoms with Crippen LogP contribution in [0, 0.1) is 5.82 Å². The van der Waals surface area contributed by atoms with Crippen LogP contribution in [0.25, 0.3) is 0 Å². The quantitative estimate of drug-likeness (QED) is 0.853. The van der Waals surface area contributed by atoms with E-state index < -0.39 is 0 Å². The Bertz CT molecular complexity index is 572. The zero-order chi connectivity index (χ0) is 13.7. The number of carbonyl (C=O) groups is 1. The third-order valence-electron chi connectivity index (χ3n) is 2.36. The van der Waals surface area contributed by atoms with E-state index in [0.29, 0.717) is 10.8 Å². The summed E-state index contributed by atoms with van der Waals surface area (Å²) in [6.07, 6.45) is 1.62. The average Bonchev–Trinajstić information content (AvgIpc) is 2.83. The van der Waals surface area contributed by atoms with Gasteiger partial charge in [0.1, 0.15) is 12.1 Å². The molecule has 1 amide bonds. The summed E-state index contributed by atoms with van der Waals surface area (Å²) in [5, 5.41) is 11.0. The van der Waals surface area contributed by atoms with Gasteiger partial charge in [0.15, 0.2) is 5.16 Å². The van der Waals surface area contributed by atoms with Crippen molar-refractivity contribution in [1.82, 2.24) is 14.8 Å². The Balaban J connectivity index is 1.88. The minimum Gasteiger partial charge on any atom is -0.325 e. The molecule has 0 aliphatic rings. The normalized spacial score (nSPS) is 10.4. The fourth-order valence-corrected chi connectivity index (χ4v) is 2.25. The zero-order valence-corrected chi connectivity index (χ0v) is 11.2. The largest absolute Gasteiger partial charge is 0.325 e. The number of halogens is 1. The molecule has 0 fully saturated rings. The molecule has 0 unspecified atom stereocenters. The summed E-state index contributed by atoms with van der Waals surface area (Å²) in [4.78, 5) is 11.7. The Morgan fingerprint density at radius 3 is 3.11 bits per heavy atom. The van der Waals surface area contributed by atoms with Gasteiger partial charge in [-0.2, -0.15) is 0 Å². The van der Waals surface area contributed by atoms with Crippen LogP contribution in [0.4, 0.5) is 10.1 Å². The number of thioether (sulfide) groups is 1. The molecule has 100 valence electrons. The van der Waals surface area contributed by atoms with Gasteiger partial charge in [-0.1, -0.05) is 17.8 Å². The molecular weight excluding hydrogens is 267 g/mol. The lowest BCUT2D eigenvalue weighted by molar-refractivity contribution is -0.113. The van der Waals surface area contributed by atoms with Crippen molar-refractivity contribution in [3.63, 3.8) is 0 Å². The standard InChI is InChI=1S/C12H13FN4OS/c1-2-17-8-14-16-12(17)19-7-11(18)15-10-5-3-4-9(13)6-10/h3-6,8H,2,7H2,1H3,(H,15,18). The van der Waals surface area contributed by atoms with Crippen LogP contribution in [0.3, 0.4) is 0 Å². The van der Waals surface area contributed by atoms with Crippen molar-refractivity contribution in [1.29, 1.82) is 0 Å². The summed E-state index contributed by atoms with van der Waals surface area (Å²) in [5.74, 6) is -0.382. The van der Waals surface area contributed by atoms with Gasteiger partial charge >= 0.3 is 0 Å². The molecule has 2 aromatic rings. The molecule has 0 spiro atoms. The van der Waals surface area contributed by atoms with E-state index in [2.05, 4.69) is 15.5 Å². The van der Waals surface area contributed by atoms with E-state index in [9.17, 15) is 9.18 Å². The van der Waals surface area contributed by atoms with Crippen LogP contribution in [0.5, 0.6) is 0 Å². The Kier molecular flexibility index (Phi) is 4.51. The maximum atomic E-state index is 12.9. The van der Waals surface area contributed by atoms with E-state index in [-0.39, 0.29) is 17.5 Å². The lowest BCUT2D eigenvalue weighted by Crippen LogP contribution is -2.14. The first-order valence-corrected chi connectivity index (χ1v) is 6.73. The van der Waals surface area contributed by atoms with Crippen LogP contribution in [0.2, 0.25) is 0 Å². The van der Waals surface area contributed by atoms with Gasteiger partial charge in [0.05, 0.1) is 5.75 Å². The molecule has 5 nitrogen and oxygen atoms in total. The fraction of sp³-hybridized carbons (Fsp3) is 0.250. The SMILES string of the molecule is CCn1cnnc1SCC(=O)Nc1cccc(F)c1. The number of aryl methyl sites for hydroxylation is 1. The summed E-state index contributed by atoms with van der Waals surface area (Å²) < 4.78 is 14.8. The van der Waals surface area contributed by atoms with Crippen LogP contribution in [-0.2, 0) is 11.3 Å². The van der Waals surface area contributed by atoms with Crippen molar-refractivity contribution >= 4 is 23.4 Å². The smallest absolute Gasteiger partial charge is 0.234 e. The molecule has 0 aliphatic carbocycles. The number of nitrogens with zero attached hydrogens (tertiary/aromatic N) is 3. The summed E-state index contributed by atoms with van der Waals surface area (Å²) in [5.41, 5.74) is 0.447. The van der Waals surface area contributed by atoms with Gasteiger partial charge < -0.3 is 9.88 Å². The monoisotopic (exact) mass is 280 g/mol. The molecule has 7 heteroatoms. The summed E-state index contributed by atoms with van der Waals surface area (Å²) in [6.45, 7) is 2.72. The first-order chi connectivity index (χ1) is 9.19. The molecule has 0 aliphatic heterocycles. The highest BCUT2D eigenvalue weighted by molar-refractivity contribution is 7.99. The number of benzene rings is 1. The molecule has 0 saturated carbocycles. The number of rotatable bonds is 5. The van der Waals surface area contributed by atoms with E-state index in [4.69, 9.17) is 0 Å². The maximum absolute atomic E-state index is 12.9. The predicted octanol–water partition coefficient (Wildman–Crippen LogP) is 2.17. The Labute approximate surface area is 114 Å². The number of aromatic nitrogens is 3. The molecule has 1 heterocycles. The lowest BCUT2D eigenvalue weighted by Gasteiger charge is -2.05. The summed E-state index contributed by atoms with van der Waals surface area (Å²) in [6, 6.07) is 5.79. The van der Waals surface area contributed by atoms with Gasteiger partial charge in [-0.3, -0.25) is 4.79 Å². The van der Waals surface area contributed by atoms with Crippen molar-refractivity contribution in [2.75, 3.05) is 11.1 Å². The number of anilines is 1. The maximum Gasteiger partial charge on any atom is 0.234 e. The molecule has 0 saturated heterocycles. The van der Waals surface area contributed by atoms with Gasteiger partial charge in [-0.05, 0) is 25.1 Å². The minimum absolute atomic E-state index is 0.204. The molecule has 0 atom stereocenters. The Morgan fingerprint density at radius 1 is 1.53 bits per heavy atom. The van der Waals surface area contributed by atoms with Crippen LogP contribution < -0.4 is 5.32 Å². The number of nitrogens with one attached hydrogen (secondary N) is 1. The topological polar surface area (TPSA) is 59.8 Å². The predicted molar refractivity (Wildman–Crippen MR) is 71.4 cm³/mol. The number of carbonyl (C=O) groups excluding carboxylic acids is 1. The summed E-state index contributed by atoms with van der Waals surface area (Å²) in [7, 11) is 0. The number of hydrogen-bond acceptors (Lipinski definition) is 4. The van der Waals surface area contributed by atoms with E-state index >= 15 is 0 Å². The molecule has 19 heavy (non-hydrogen) atoms. The second kappa shape index (κ2) is 6.33. The van der Waals surface area contributed by atoms with Gasteiger partial charge in [-0.25, -0.2) is 4.39 Å². The van der Waals surface area contributed by atoms with E-state index in [1.807, 2.05) is 11.5 Å². The number of amides is 1. The van der Waals surface area contributed by atoms with Crippen molar-refractivity contribution in [2.45, 2.75) is 18.6 Å². The molecule has 2 rings (SSSR count). The van der Waals surface area contributed by atoms with Gasteiger partial charge in [0.25, 0.3) is 0 Å². The highest BCUT2D eigenvalue weighted by Gasteiger charge is 2.08. The Morgan fingerprint density at radius 2 is 2.37 bits per heavy atom. The molecule has 0 radical (unpaired) electrons. The second-order valence-corrected chi connectivity index (χ2v) is 4.69. The average molecular weight is 280 g/mol. The lowest BCUT2D eigenvalue weighted by atomic mass is 10.3. The van der Waals surface area contributed by atoms with Crippen molar-refractivity contribution in [2.24, 2.45) is 0 Å². The molecule has 1 N–H and O–H groups in total.